The Kier molecular flexibility index (Phi) is 10.6. The lowest BCUT2D eigenvalue weighted by Crippen LogP contribution is -2.53. The first-order valence-corrected chi connectivity index (χ1v) is 16.1. The Morgan fingerprint density at radius 2 is 1.57 bits per heavy atom. The average molecular weight is 592 g/mol. The van der Waals surface area contributed by atoms with E-state index in [-0.39, 0.29) is 23.4 Å². The van der Waals surface area contributed by atoms with Crippen LogP contribution in [0.3, 0.4) is 0 Å². The number of nitrogens with zero attached hydrogens (tertiary/aromatic N) is 2. The fourth-order valence-corrected chi connectivity index (χ4v) is 6.74. The fourth-order valence-electron chi connectivity index (χ4n) is 5.30. The van der Waals surface area contributed by atoms with Crippen molar-refractivity contribution in [3.8, 4) is 5.75 Å². The standard InChI is InChI=1S/C33H41N3O5S/c1-4-31(33(38)34-27-11-9-10-12-27)35(23-26-17-15-25(3)16-18-26)32(37)24-36(28-19-21-29(22-20-28)41-5-2)42(39,40)30-13-7-6-8-14-30/h6-8,13-22,27,31H,4-5,9-12,23-24H2,1-3H3,(H,34,38)/t31-/m1/s1. The number of sulfonamides is 1. The van der Waals surface area contributed by atoms with Crippen LogP contribution in [-0.4, -0.2) is 50.4 Å². The maximum Gasteiger partial charge on any atom is 0.264 e. The van der Waals surface area contributed by atoms with Gasteiger partial charge in [-0.05, 0) is 75.1 Å². The summed E-state index contributed by atoms with van der Waals surface area (Å²) in [5, 5.41) is 3.14. The Morgan fingerprint density at radius 3 is 2.17 bits per heavy atom. The van der Waals surface area contributed by atoms with Gasteiger partial charge in [0.05, 0.1) is 17.2 Å². The molecule has 3 aromatic carbocycles. The molecule has 3 aromatic rings. The molecule has 0 aromatic heterocycles. The number of ether oxygens (including phenoxy) is 1. The highest BCUT2D eigenvalue weighted by Crippen LogP contribution is 2.27. The molecule has 1 saturated carbocycles. The molecule has 1 atom stereocenters. The van der Waals surface area contributed by atoms with Crippen molar-refractivity contribution in [3.63, 3.8) is 0 Å². The van der Waals surface area contributed by atoms with Gasteiger partial charge in [0, 0.05) is 12.6 Å². The van der Waals surface area contributed by atoms with E-state index in [0.29, 0.717) is 24.5 Å². The molecule has 0 saturated heterocycles. The summed E-state index contributed by atoms with van der Waals surface area (Å²) in [7, 11) is -4.11. The second-order valence-electron chi connectivity index (χ2n) is 10.7. The molecule has 1 aliphatic carbocycles. The van der Waals surface area contributed by atoms with Crippen LogP contribution in [0.2, 0.25) is 0 Å². The Balaban J connectivity index is 1.70. The van der Waals surface area contributed by atoms with Crippen LogP contribution in [-0.2, 0) is 26.2 Å². The van der Waals surface area contributed by atoms with Gasteiger partial charge in [0.25, 0.3) is 10.0 Å². The van der Waals surface area contributed by atoms with E-state index >= 15 is 0 Å². The van der Waals surface area contributed by atoms with Crippen molar-refractivity contribution < 1.29 is 22.7 Å². The van der Waals surface area contributed by atoms with Crippen LogP contribution >= 0.6 is 0 Å². The quantitative estimate of drug-likeness (QED) is 0.285. The third-order valence-electron chi connectivity index (χ3n) is 7.61. The van der Waals surface area contributed by atoms with E-state index < -0.39 is 28.5 Å². The minimum atomic E-state index is -4.11. The van der Waals surface area contributed by atoms with Crippen LogP contribution in [0.5, 0.6) is 5.75 Å². The fraction of sp³-hybridized carbons (Fsp3) is 0.394. The summed E-state index contributed by atoms with van der Waals surface area (Å²) in [6, 6.07) is 21.8. The molecule has 9 heteroatoms. The van der Waals surface area contributed by atoms with Crippen molar-refractivity contribution in [1.29, 1.82) is 0 Å². The topological polar surface area (TPSA) is 96.0 Å². The molecule has 0 heterocycles. The van der Waals surface area contributed by atoms with E-state index in [4.69, 9.17) is 4.74 Å². The number of anilines is 1. The van der Waals surface area contributed by atoms with Gasteiger partial charge in [-0.15, -0.1) is 0 Å². The molecule has 42 heavy (non-hydrogen) atoms. The minimum absolute atomic E-state index is 0.0720. The predicted molar refractivity (Wildman–Crippen MR) is 165 cm³/mol. The first-order chi connectivity index (χ1) is 20.2. The highest BCUT2D eigenvalue weighted by Gasteiger charge is 2.34. The van der Waals surface area contributed by atoms with Gasteiger partial charge in [-0.25, -0.2) is 8.42 Å². The van der Waals surface area contributed by atoms with Crippen LogP contribution in [0.1, 0.15) is 57.1 Å². The Bertz CT molecular complexity index is 1420. The van der Waals surface area contributed by atoms with Gasteiger partial charge in [-0.3, -0.25) is 13.9 Å². The van der Waals surface area contributed by atoms with Crippen molar-refractivity contribution in [2.75, 3.05) is 17.5 Å². The van der Waals surface area contributed by atoms with Gasteiger partial charge >= 0.3 is 0 Å². The van der Waals surface area contributed by atoms with Crippen molar-refractivity contribution in [3.05, 3.63) is 90.0 Å². The smallest absolute Gasteiger partial charge is 0.264 e. The summed E-state index contributed by atoms with van der Waals surface area (Å²) in [6.45, 7) is 5.91. The van der Waals surface area contributed by atoms with E-state index in [9.17, 15) is 18.0 Å². The van der Waals surface area contributed by atoms with Crippen LogP contribution in [0.15, 0.2) is 83.8 Å². The molecule has 1 aliphatic rings. The predicted octanol–water partition coefficient (Wildman–Crippen LogP) is 5.46. The molecule has 4 rings (SSSR count). The number of hydrogen-bond acceptors (Lipinski definition) is 5. The molecule has 224 valence electrons. The van der Waals surface area contributed by atoms with Crippen molar-refractivity contribution >= 4 is 27.5 Å². The number of rotatable bonds is 13. The highest BCUT2D eigenvalue weighted by atomic mass is 32.2. The van der Waals surface area contributed by atoms with Crippen molar-refractivity contribution in [2.45, 2.75) is 76.4 Å². The van der Waals surface area contributed by atoms with E-state index in [0.717, 1.165) is 41.1 Å². The van der Waals surface area contributed by atoms with Gasteiger partial charge in [0.2, 0.25) is 11.8 Å². The SMILES string of the molecule is CCOc1ccc(N(CC(=O)N(Cc2ccc(C)cc2)[C@H](CC)C(=O)NC2CCCC2)S(=O)(=O)c2ccccc2)cc1. The molecule has 8 nitrogen and oxygen atoms in total. The van der Waals surface area contributed by atoms with Crippen molar-refractivity contribution in [2.24, 2.45) is 0 Å². The highest BCUT2D eigenvalue weighted by molar-refractivity contribution is 7.92. The van der Waals surface area contributed by atoms with E-state index in [1.54, 1.807) is 42.5 Å². The molecule has 0 spiro atoms. The normalized spacial score (nSPS) is 14.3. The van der Waals surface area contributed by atoms with Gasteiger partial charge in [-0.2, -0.15) is 0 Å². The van der Waals surface area contributed by atoms with Gasteiger partial charge in [0.1, 0.15) is 18.3 Å². The summed E-state index contributed by atoms with van der Waals surface area (Å²) in [4.78, 5) is 29.3. The zero-order valence-corrected chi connectivity index (χ0v) is 25.5. The van der Waals surface area contributed by atoms with Gasteiger partial charge < -0.3 is 15.0 Å². The maximum atomic E-state index is 14.2. The summed E-state index contributed by atoms with van der Waals surface area (Å²) in [6.07, 6.45) is 4.39. The second kappa shape index (κ2) is 14.4. The monoisotopic (exact) mass is 591 g/mol. The first kappa shape index (κ1) is 31.1. The molecular weight excluding hydrogens is 550 g/mol. The largest absolute Gasteiger partial charge is 0.494 e. The van der Waals surface area contributed by atoms with E-state index in [2.05, 4.69) is 5.32 Å². The average Bonchev–Trinajstić information content (AvgIpc) is 3.51. The van der Waals surface area contributed by atoms with Crippen LogP contribution < -0.4 is 14.4 Å². The van der Waals surface area contributed by atoms with Gasteiger partial charge in [0.15, 0.2) is 0 Å². The van der Waals surface area contributed by atoms with Crippen LogP contribution in [0.25, 0.3) is 0 Å². The molecule has 0 bridgehead atoms. The molecule has 2 amide bonds. The summed E-state index contributed by atoms with van der Waals surface area (Å²) in [5.74, 6) is -0.0685. The number of amides is 2. The lowest BCUT2D eigenvalue weighted by atomic mass is 10.1. The van der Waals surface area contributed by atoms with Crippen molar-refractivity contribution in [1.82, 2.24) is 10.2 Å². The number of hydrogen-bond donors (Lipinski definition) is 1. The Hall–Kier alpha value is -3.85. The number of carbonyl (C=O) groups excluding carboxylic acids is 2. The number of aryl methyl sites for hydroxylation is 1. The minimum Gasteiger partial charge on any atom is -0.494 e. The Labute approximate surface area is 249 Å². The lowest BCUT2D eigenvalue weighted by molar-refractivity contribution is -0.140. The zero-order chi connectivity index (χ0) is 30.1. The Morgan fingerprint density at radius 1 is 0.929 bits per heavy atom. The molecule has 0 radical (unpaired) electrons. The number of carbonyl (C=O) groups is 2. The lowest BCUT2D eigenvalue weighted by Gasteiger charge is -2.33. The summed E-state index contributed by atoms with van der Waals surface area (Å²) in [5.41, 5.74) is 2.27. The van der Waals surface area contributed by atoms with Gasteiger partial charge in [-0.1, -0.05) is 67.8 Å². The molecule has 1 N–H and O–H groups in total. The first-order valence-electron chi connectivity index (χ1n) is 14.7. The number of nitrogens with one attached hydrogen (secondary N) is 1. The van der Waals surface area contributed by atoms with Crippen LogP contribution in [0, 0.1) is 6.92 Å². The van der Waals surface area contributed by atoms with Crippen LogP contribution in [0.4, 0.5) is 5.69 Å². The zero-order valence-electron chi connectivity index (χ0n) is 24.7. The number of benzene rings is 3. The molecule has 0 unspecified atom stereocenters. The summed E-state index contributed by atoms with van der Waals surface area (Å²) >= 11 is 0. The van der Waals surface area contributed by atoms with E-state index in [1.807, 2.05) is 45.0 Å². The molecular formula is C33H41N3O5S. The third kappa shape index (κ3) is 7.70. The second-order valence-corrected chi connectivity index (χ2v) is 12.5. The molecule has 1 fully saturated rings. The summed E-state index contributed by atoms with van der Waals surface area (Å²) < 4.78 is 34.6. The molecule has 0 aliphatic heterocycles. The van der Waals surface area contributed by atoms with E-state index in [1.165, 1.54) is 17.0 Å². The maximum absolute atomic E-state index is 14.2. The third-order valence-corrected chi connectivity index (χ3v) is 9.39.